The summed E-state index contributed by atoms with van der Waals surface area (Å²) in [6.07, 6.45) is 2.99. The van der Waals surface area contributed by atoms with Crippen LogP contribution in [-0.2, 0) is 0 Å². The van der Waals surface area contributed by atoms with E-state index in [-0.39, 0.29) is 28.8 Å². The second-order valence-electron chi connectivity index (χ2n) is 4.38. The first-order valence-corrected chi connectivity index (χ1v) is 6.29. The maximum Gasteiger partial charge on any atom is 0.221 e. The van der Waals surface area contributed by atoms with Crippen LogP contribution in [0.25, 0.3) is 6.08 Å². The first-order valence-electron chi connectivity index (χ1n) is 6.29. The van der Waals surface area contributed by atoms with Crippen LogP contribution in [0.3, 0.4) is 0 Å². The number of methoxy groups -OCH3 is 2. The fraction of sp³-hybridized carbons (Fsp3) is 0.188. The highest BCUT2D eigenvalue weighted by Crippen LogP contribution is 2.37. The molecule has 21 heavy (non-hydrogen) atoms. The van der Waals surface area contributed by atoms with Gasteiger partial charge in [-0.15, -0.1) is 0 Å². The number of furan rings is 1. The van der Waals surface area contributed by atoms with Gasteiger partial charge in [0.2, 0.25) is 11.5 Å². The normalized spacial score (nSPS) is 10.8. The van der Waals surface area contributed by atoms with E-state index in [9.17, 15) is 9.90 Å². The van der Waals surface area contributed by atoms with E-state index in [1.54, 1.807) is 37.3 Å². The number of rotatable bonds is 5. The van der Waals surface area contributed by atoms with Gasteiger partial charge < -0.3 is 19.0 Å². The molecule has 1 aromatic carbocycles. The standard InChI is InChI=1S/C16H16O5/c1-10-4-7-13(21-10)12(17)6-5-11-8-14(19-2)16(18)15(9-11)20-3/h4-9,18H,1-3H3. The highest BCUT2D eigenvalue weighted by atomic mass is 16.5. The van der Waals surface area contributed by atoms with Gasteiger partial charge in [0.15, 0.2) is 17.3 Å². The number of phenols is 1. The molecule has 0 aliphatic carbocycles. The number of allylic oxidation sites excluding steroid dienone is 1. The minimum atomic E-state index is -0.242. The maximum atomic E-state index is 11.9. The Bertz CT molecular complexity index is 657. The average Bonchev–Trinajstić information content (AvgIpc) is 2.92. The Morgan fingerprint density at radius 1 is 1.19 bits per heavy atom. The smallest absolute Gasteiger partial charge is 0.221 e. The summed E-state index contributed by atoms with van der Waals surface area (Å²) >= 11 is 0. The van der Waals surface area contributed by atoms with Gasteiger partial charge >= 0.3 is 0 Å². The molecule has 0 radical (unpaired) electrons. The van der Waals surface area contributed by atoms with Gasteiger partial charge in [-0.3, -0.25) is 4.79 Å². The predicted molar refractivity (Wildman–Crippen MR) is 78.0 cm³/mol. The van der Waals surface area contributed by atoms with E-state index < -0.39 is 0 Å². The van der Waals surface area contributed by atoms with Gasteiger partial charge in [0.25, 0.3) is 0 Å². The van der Waals surface area contributed by atoms with Crippen LogP contribution in [0.2, 0.25) is 0 Å². The number of carbonyl (C=O) groups excluding carboxylic acids is 1. The summed E-state index contributed by atoms with van der Waals surface area (Å²) in [7, 11) is 2.89. The second kappa shape index (κ2) is 6.17. The maximum absolute atomic E-state index is 11.9. The van der Waals surface area contributed by atoms with Crippen molar-refractivity contribution in [1.29, 1.82) is 0 Å². The lowest BCUT2D eigenvalue weighted by Crippen LogP contribution is -1.92. The lowest BCUT2D eigenvalue weighted by molar-refractivity contribution is 0.102. The molecule has 0 aliphatic rings. The highest BCUT2D eigenvalue weighted by molar-refractivity contribution is 6.04. The largest absolute Gasteiger partial charge is 0.502 e. The third kappa shape index (κ3) is 3.25. The number of aromatic hydroxyl groups is 1. The molecule has 0 saturated carbocycles. The quantitative estimate of drug-likeness (QED) is 0.676. The molecule has 1 N–H and O–H groups in total. The Morgan fingerprint density at radius 2 is 1.81 bits per heavy atom. The number of phenolic OH excluding ortho intramolecular Hbond substituents is 1. The molecule has 1 aromatic heterocycles. The van der Waals surface area contributed by atoms with Gasteiger partial charge in [-0.2, -0.15) is 0 Å². The molecular weight excluding hydrogens is 272 g/mol. The lowest BCUT2D eigenvalue weighted by atomic mass is 10.1. The van der Waals surface area contributed by atoms with E-state index in [1.807, 2.05) is 0 Å². The monoisotopic (exact) mass is 288 g/mol. The van der Waals surface area contributed by atoms with Gasteiger partial charge in [0.05, 0.1) is 14.2 Å². The van der Waals surface area contributed by atoms with Crippen molar-refractivity contribution in [2.45, 2.75) is 6.92 Å². The zero-order chi connectivity index (χ0) is 15.4. The number of hydrogen-bond acceptors (Lipinski definition) is 5. The molecule has 0 spiro atoms. The molecule has 0 aliphatic heterocycles. The first kappa shape index (κ1) is 14.7. The van der Waals surface area contributed by atoms with Crippen molar-refractivity contribution < 1.29 is 23.8 Å². The molecule has 5 heteroatoms. The number of ether oxygens (including phenoxy) is 2. The van der Waals surface area contributed by atoms with Gasteiger partial charge in [-0.25, -0.2) is 0 Å². The molecule has 0 fully saturated rings. The molecule has 110 valence electrons. The Morgan fingerprint density at radius 3 is 2.29 bits per heavy atom. The van der Waals surface area contributed by atoms with Crippen molar-refractivity contribution in [3.05, 3.63) is 47.4 Å². The molecule has 0 amide bonds. The van der Waals surface area contributed by atoms with Gasteiger partial charge in [0, 0.05) is 0 Å². The number of ketones is 1. The van der Waals surface area contributed by atoms with Crippen LogP contribution in [0.5, 0.6) is 17.2 Å². The third-order valence-corrected chi connectivity index (χ3v) is 2.91. The number of aryl methyl sites for hydroxylation is 1. The van der Waals surface area contributed by atoms with Crippen LogP contribution >= 0.6 is 0 Å². The molecule has 2 rings (SSSR count). The summed E-state index contributed by atoms with van der Waals surface area (Å²) in [5.74, 6) is 1.19. The minimum absolute atomic E-state index is 0.0786. The van der Waals surface area contributed by atoms with Gasteiger partial charge in [0.1, 0.15) is 5.76 Å². The summed E-state index contributed by atoms with van der Waals surface area (Å²) < 4.78 is 15.4. The van der Waals surface area contributed by atoms with E-state index in [0.717, 1.165) is 0 Å². The molecule has 1 heterocycles. The number of carbonyl (C=O) groups is 1. The van der Waals surface area contributed by atoms with E-state index in [4.69, 9.17) is 13.9 Å². The van der Waals surface area contributed by atoms with E-state index in [0.29, 0.717) is 11.3 Å². The molecule has 0 saturated heterocycles. The SMILES string of the molecule is COc1cc(C=CC(=O)c2ccc(C)o2)cc(OC)c1O. The zero-order valence-corrected chi connectivity index (χ0v) is 12.0. The van der Waals surface area contributed by atoms with E-state index in [2.05, 4.69) is 0 Å². The third-order valence-electron chi connectivity index (χ3n) is 2.91. The predicted octanol–water partition coefficient (Wildman–Crippen LogP) is 3.21. The van der Waals surface area contributed by atoms with Crippen LogP contribution in [0.4, 0.5) is 0 Å². The molecule has 0 bridgehead atoms. The van der Waals surface area contributed by atoms with Gasteiger partial charge in [-0.1, -0.05) is 6.08 Å². The van der Waals surface area contributed by atoms with Crippen LogP contribution in [0.15, 0.2) is 34.8 Å². The fourth-order valence-corrected chi connectivity index (χ4v) is 1.83. The first-order chi connectivity index (χ1) is 10.0. The molecule has 2 aromatic rings. The number of hydrogen-bond donors (Lipinski definition) is 1. The Balaban J connectivity index is 2.26. The van der Waals surface area contributed by atoms with E-state index >= 15 is 0 Å². The van der Waals surface area contributed by atoms with E-state index in [1.165, 1.54) is 20.3 Å². The van der Waals surface area contributed by atoms with Crippen molar-refractivity contribution in [3.63, 3.8) is 0 Å². The van der Waals surface area contributed by atoms with Crippen LogP contribution in [0, 0.1) is 6.92 Å². The Hall–Kier alpha value is -2.69. The van der Waals surface area contributed by atoms with Crippen molar-refractivity contribution >= 4 is 11.9 Å². The van der Waals surface area contributed by atoms with Crippen molar-refractivity contribution in [2.75, 3.05) is 14.2 Å². The summed E-state index contributed by atoms with van der Waals surface area (Å²) in [5.41, 5.74) is 0.665. The Labute approximate surface area is 122 Å². The molecule has 0 atom stereocenters. The summed E-state index contributed by atoms with van der Waals surface area (Å²) in [4.78, 5) is 11.9. The molecule has 0 unspecified atom stereocenters. The van der Waals surface area contributed by atoms with Gasteiger partial charge in [-0.05, 0) is 42.8 Å². The van der Waals surface area contributed by atoms with Crippen LogP contribution in [-0.4, -0.2) is 25.1 Å². The van der Waals surface area contributed by atoms with Crippen LogP contribution in [0.1, 0.15) is 21.9 Å². The molecule has 5 nitrogen and oxygen atoms in total. The zero-order valence-electron chi connectivity index (χ0n) is 12.0. The summed E-state index contributed by atoms with van der Waals surface area (Å²) in [6.45, 7) is 1.77. The number of benzene rings is 1. The van der Waals surface area contributed by atoms with Crippen molar-refractivity contribution in [2.24, 2.45) is 0 Å². The van der Waals surface area contributed by atoms with Crippen molar-refractivity contribution in [1.82, 2.24) is 0 Å². The fourth-order valence-electron chi connectivity index (χ4n) is 1.83. The van der Waals surface area contributed by atoms with Crippen molar-refractivity contribution in [3.8, 4) is 17.2 Å². The molecular formula is C16H16O5. The summed E-state index contributed by atoms with van der Waals surface area (Å²) in [6, 6.07) is 6.57. The van der Waals surface area contributed by atoms with Crippen LogP contribution < -0.4 is 9.47 Å². The Kier molecular flexibility index (Phi) is 4.33. The summed E-state index contributed by atoms with van der Waals surface area (Å²) in [5, 5.41) is 9.82. The highest BCUT2D eigenvalue weighted by Gasteiger charge is 2.11. The minimum Gasteiger partial charge on any atom is -0.502 e. The lowest BCUT2D eigenvalue weighted by Gasteiger charge is -2.09. The average molecular weight is 288 g/mol. The second-order valence-corrected chi connectivity index (χ2v) is 4.38. The topological polar surface area (TPSA) is 68.9 Å².